The van der Waals surface area contributed by atoms with E-state index >= 15 is 0 Å². The number of hydrogen-bond acceptors (Lipinski definition) is 3. The average Bonchev–Trinajstić information content (AvgIpc) is 3.16. The first kappa shape index (κ1) is 21.4. The fraction of sp³-hybridized carbons (Fsp3) is 0.524. The summed E-state index contributed by atoms with van der Waals surface area (Å²) < 4.78 is 40.7. The summed E-state index contributed by atoms with van der Waals surface area (Å²) in [5.74, 6) is -0.791. The summed E-state index contributed by atoms with van der Waals surface area (Å²) >= 11 is 0. The van der Waals surface area contributed by atoms with E-state index < -0.39 is 17.7 Å². The number of hydrogen-bond donors (Lipinski definition) is 1. The summed E-state index contributed by atoms with van der Waals surface area (Å²) in [5.41, 5.74) is -0.240. The first-order valence-electron chi connectivity index (χ1n) is 9.75. The van der Waals surface area contributed by atoms with Crippen LogP contribution in [0.4, 0.5) is 13.2 Å². The molecule has 2 aromatic rings. The van der Waals surface area contributed by atoms with Crippen LogP contribution in [0.3, 0.4) is 0 Å². The molecule has 1 amide bonds. The van der Waals surface area contributed by atoms with Crippen molar-refractivity contribution < 1.29 is 23.1 Å². The van der Waals surface area contributed by atoms with Crippen LogP contribution in [0.5, 0.6) is 0 Å². The summed E-state index contributed by atoms with van der Waals surface area (Å²) in [7, 11) is 0. The average molecular weight is 409 g/mol. The molecule has 0 spiro atoms. The van der Waals surface area contributed by atoms with E-state index in [4.69, 9.17) is 0 Å². The normalized spacial score (nSPS) is 18.1. The number of rotatable bonds is 4. The summed E-state index contributed by atoms with van der Waals surface area (Å²) in [6.45, 7) is 5.08. The van der Waals surface area contributed by atoms with E-state index in [0.29, 0.717) is 25.7 Å². The molecule has 1 N–H and O–H groups in total. The lowest BCUT2D eigenvalue weighted by Crippen LogP contribution is -2.57. The predicted octanol–water partition coefficient (Wildman–Crippen LogP) is 4.02. The molecule has 5 nitrogen and oxygen atoms in total. The Hall–Kier alpha value is -2.35. The number of nitrogens with zero attached hydrogens (tertiary/aromatic N) is 3. The van der Waals surface area contributed by atoms with Crippen molar-refractivity contribution in [3.8, 4) is 5.69 Å². The second-order valence-corrected chi connectivity index (χ2v) is 8.05. The third kappa shape index (κ3) is 4.17. The molecule has 1 aromatic carbocycles. The number of halogens is 3. The Morgan fingerprint density at radius 2 is 1.72 bits per heavy atom. The second-order valence-electron chi connectivity index (χ2n) is 8.05. The summed E-state index contributed by atoms with van der Waals surface area (Å²) in [5, 5.41) is 14.1. The van der Waals surface area contributed by atoms with E-state index in [1.54, 1.807) is 6.20 Å². The number of aromatic nitrogens is 2. The topological polar surface area (TPSA) is 58.4 Å². The number of carbonyl (C=O) groups is 1. The maximum absolute atomic E-state index is 12.9. The maximum atomic E-state index is 12.9. The van der Waals surface area contributed by atoms with Gasteiger partial charge in [0, 0.05) is 30.9 Å². The van der Waals surface area contributed by atoms with Crippen LogP contribution in [0.1, 0.15) is 56.7 Å². The first-order chi connectivity index (χ1) is 13.5. The SMILES string of the molecule is CC(C)c1ccc(-n2nccc2C2CCN(C(=O)C(C)(O)C(F)(F)F)CC2)cc1. The Bertz CT molecular complexity index is 849. The molecule has 1 aromatic heterocycles. The van der Waals surface area contributed by atoms with Gasteiger partial charge in [-0.05, 0) is 49.4 Å². The number of piperidine rings is 1. The van der Waals surface area contributed by atoms with Crippen LogP contribution in [0.15, 0.2) is 36.5 Å². The van der Waals surface area contributed by atoms with Crippen LogP contribution in [0.2, 0.25) is 0 Å². The zero-order valence-corrected chi connectivity index (χ0v) is 16.8. The van der Waals surface area contributed by atoms with Crippen LogP contribution in [0, 0.1) is 0 Å². The van der Waals surface area contributed by atoms with Gasteiger partial charge in [0.2, 0.25) is 5.60 Å². The van der Waals surface area contributed by atoms with Gasteiger partial charge in [-0.15, -0.1) is 0 Å². The Kier molecular flexibility index (Phi) is 5.76. The lowest BCUT2D eigenvalue weighted by Gasteiger charge is -2.36. The van der Waals surface area contributed by atoms with E-state index in [-0.39, 0.29) is 19.0 Å². The van der Waals surface area contributed by atoms with Crippen molar-refractivity contribution in [3.05, 3.63) is 47.8 Å². The van der Waals surface area contributed by atoms with Gasteiger partial charge < -0.3 is 10.0 Å². The zero-order chi connectivity index (χ0) is 21.4. The monoisotopic (exact) mass is 409 g/mol. The van der Waals surface area contributed by atoms with Crippen molar-refractivity contribution in [3.63, 3.8) is 0 Å². The van der Waals surface area contributed by atoms with E-state index in [0.717, 1.165) is 16.3 Å². The fourth-order valence-corrected chi connectivity index (χ4v) is 3.65. The third-order valence-corrected chi connectivity index (χ3v) is 5.65. The zero-order valence-electron chi connectivity index (χ0n) is 16.8. The van der Waals surface area contributed by atoms with E-state index in [2.05, 4.69) is 31.1 Å². The minimum atomic E-state index is -5.00. The van der Waals surface area contributed by atoms with Gasteiger partial charge in [-0.1, -0.05) is 26.0 Å². The summed E-state index contributed by atoms with van der Waals surface area (Å²) in [4.78, 5) is 13.3. The smallest absolute Gasteiger partial charge is 0.373 e. The van der Waals surface area contributed by atoms with E-state index in [9.17, 15) is 23.1 Å². The van der Waals surface area contributed by atoms with Gasteiger partial charge in [0.1, 0.15) is 0 Å². The molecule has 1 saturated heterocycles. The number of likely N-dealkylation sites (tertiary alicyclic amines) is 1. The molecule has 1 aliphatic rings. The molecule has 0 bridgehead atoms. The number of aliphatic hydroxyl groups is 1. The largest absolute Gasteiger partial charge is 0.426 e. The molecule has 1 aliphatic heterocycles. The molecule has 1 fully saturated rings. The number of amides is 1. The quantitative estimate of drug-likeness (QED) is 0.830. The molecule has 1 unspecified atom stereocenters. The second kappa shape index (κ2) is 7.82. The highest BCUT2D eigenvalue weighted by molar-refractivity contribution is 5.85. The van der Waals surface area contributed by atoms with Crippen molar-refractivity contribution in [1.29, 1.82) is 0 Å². The van der Waals surface area contributed by atoms with Gasteiger partial charge >= 0.3 is 6.18 Å². The lowest BCUT2D eigenvalue weighted by molar-refractivity contribution is -0.250. The van der Waals surface area contributed by atoms with Crippen LogP contribution in [0.25, 0.3) is 5.69 Å². The molecular weight excluding hydrogens is 383 g/mol. The molecule has 0 saturated carbocycles. The summed E-state index contributed by atoms with van der Waals surface area (Å²) in [6, 6.07) is 10.0. The third-order valence-electron chi connectivity index (χ3n) is 5.65. The molecule has 2 heterocycles. The van der Waals surface area contributed by atoms with Gasteiger partial charge in [0.15, 0.2) is 0 Å². The highest BCUT2D eigenvalue weighted by atomic mass is 19.4. The number of alkyl halides is 3. The Balaban J connectivity index is 1.71. The fourth-order valence-electron chi connectivity index (χ4n) is 3.65. The maximum Gasteiger partial charge on any atom is 0.426 e. The van der Waals surface area contributed by atoms with Crippen LogP contribution >= 0.6 is 0 Å². The van der Waals surface area contributed by atoms with Gasteiger partial charge in [-0.3, -0.25) is 4.79 Å². The highest BCUT2D eigenvalue weighted by Crippen LogP contribution is 2.35. The van der Waals surface area contributed by atoms with Crippen LogP contribution in [-0.4, -0.2) is 50.6 Å². The van der Waals surface area contributed by atoms with Crippen molar-refractivity contribution in [1.82, 2.24) is 14.7 Å². The predicted molar refractivity (Wildman–Crippen MR) is 103 cm³/mol. The first-order valence-corrected chi connectivity index (χ1v) is 9.75. The number of carbonyl (C=O) groups excluding carboxylic acids is 1. The molecule has 0 aliphatic carbocycles. The highest BCUT2D eigenvalue weighted by Gasteiger charge is 2.57. The van der Waals surface area contributed by atoms with Crippen molar-refractivity contribution >= 4 is 5.91 Å². The molecule has 0 radical (unpaired) electrons. The van der Waals surface area contributed by atoms with E-state index in [1.165, 1.54) is 5.56 Å². The van der Waals surface area contributed by atoms with Crippen molar-refractivity contribution in [2.75, 3.05) is 13.1 Å². The Morgan fingerprint density at radius 1 is 1.14 bits per heavy atom. The van der Waals surface area contributed by atoms with Crippen molar-refractivity contribution in [2.45, 2.75) is 57.2 Å². The number of benzene rings is 1. The molecule has 1 atom stereocenters. The molecule has 29 heavy (non-hydrogen) atoms. The van der Waals surface area contributed by atoms with E-state index in [1.807, 2.05) is 22.9 Å². The standard InChI is InChI=1S/C21H26F3N3O2/c1-14(2)15-4-6-17(7-5-15)27-18(8-11-25-27)16-9-12-26(13-10-16)19(28)20(3,29)21(22,23)24/h4-8,11,14,16,29H,9-10,12-13H2,1-3H3. The molecule has 158 valence electrons. The molecule has 3 rings (SSSR count). The Labute approximate surface area is 168 Å². The minimum Gasteiger partial charge on any atom is -0.373 e. The summed E-state index contributed by atoms with van der Waals surface area (Å²) in [6.07, 6.45) is -2.27. The van der Waals surface area contributed by atoms with Crippen molar-refractivity contribution in [2.24, 2.45) is 0 Å². The molecule has 8 heteroatoms. The van der Waals surface area contributed by atoms with Gasteiger partial charge in [-0.2, -0.15) is 18.3 Å². The minimum absolute atomic E-state index is 0.0714. The van der Waals surface area contributed by atoms with Gasteiger partial charge in [0.05, 0.1) is 5.69 Å². The molecular formula is C21H26F3N3O2. The van der Waals surface area contributed by atoms with Gasteiger partial charge in [0.25, 0.3) is 5.91 Å². The van der Waals surface area contributed by atoms with Crippen LogP contribution < -0.4 is 0 Å². The lowest BCUT2D eigenvalue weighted by atomic mass is 9.92. The Morgan fingerprint density at radius 3 is 2.24 bits per heavy atom. The van der Waals surface area contributed by atoms with Gasteiger partial charge in [-0.25, -0.2) is 4.68 Å². The van der Waals surface area contributed by atoms with Crippen LogP contribution in [-0.2, 0) is 4.79 Å².